The number of rotatable bonds is 1. The highest BCUT2D eigenvalue weighted by molar-refractivity contribution is 5.29. The molecule has 2 aliphatic rings. The molecule has 2 heterocycles. The maximum Gasteiger partial charge on any atom is 0.0812 e. The first-order valence-corrected chi connectivity index (χ1v) is 7.02. The molecule has 1 aromatic heterocycles. The number of aliphatic hydroxyl groups excluding tert-OH is 1. The summed E-state index contributed by atoms with van der Waals surface area (Å²) in [5, 5.41) is 10.3. The van der Waals surface area contributed by atoms with Crippen molar-refractivity contribution < 1.29 is 9.84 Å². The summed E-state index contributed by atoms with van der Waals surface area (Å²) < 4.78 is 7.95. The van der Waals surface area contributed by atoms with E-state index in [-0.39, 0.29) is 11.5 Å². The van der Waals surface area contributed by atoms with Crippen LogP contribution in [0.3, 0.4) is 0 Å². The van der Waals surface area contributed by atoms with Gasteiger partial charge in [0.25, 0.3) is 0 Å². The zero-order chi connectivity index (χ0) is 12.8. The molecule has 18 heavy (non-hydrogen) atoms. The fraction of sp³-hybridized carbons (Fsp3) is 0.733. The van der Waals surface area contributed by atoms with Gasteiger partial charge < -0.3 is 14.4 Å². The number of nitrogens with zero attached hydrogens (tertiary/aromatic N) is 1. The molecule has 1 aliphatic heterocycles. The minimum Gasteiger partial charge on any atom is -0.388 e. The number of fused-ring (bicyclic) bond motifs is 1. The van der Waals surface area contributed by atoms with Gasteiger partial charge in [0.1, 0.15) is 0 Å². The molecule has 100 valence electrons. The zero-order valence-corrected chi connectivity index (χ0v) is 11.4. The van der Waals surface area contributed by atoms with Crippen molar-refractivity contribution in [3.63, 3.8) is 0 Å². The van der Waals surface area contributed by atoms with Gasteiger partial charge in [-0.1, -0.05) is 13.8 Å². The fourth-order valence-corrected chi connectivity index (χ4v) is 3.44. The van der Waals surface area contributed by atoms with E-state index in [1.54, 1.807) is 0 Å². The lowest BCUT2D eigenvalue weighted by molar-refractivity contribution is 0.0549. The zero-order valence-electron chi connectivity index (χ0n) is 11.4. The summed E-state index contributed by atoms with van der Waals surface area (Å²) in [6, 6.07) is 2.56. The smallest absolute Gasteiger partial charge is 0.0812 e. The van der Waals surface area contributed by atoms with Crippen LogP contribution in [-0.4, -0.2) is 22.9 Å². The quantitative estimate of drug-likeness (QED) is 0.830. The molecule has 2 unspecified atom stereocenters. The monoisotopic (exact) mass is 249 g/mol. The highest BCUT2D eigenvalue weighted by atomic mass is 16.5. The molecular formula is C15H23NO2. The van der Waals surface area contributed by atoms with Gasteiger partial charge in [-0.05, 0) is 37.2 Å². The normalized spacial score (nSPS) is 31.1. The summed E-state index contributed by atoms with van der Waals surface area (Å²) in [6.45, 7) is 6.20. The molecule has 3 heteroatoms. The molecule has 0 bridgehead atoms. The number of ether oxygens (including phenoxy) is 1. The van der Waals surface area contributed by atoms with Crippen molar-refractivity contribution >= 4 is 0 Å². The van der Waals surface area contributed by atoms with Gasteiger partial charge in [0.2, 0.25) is 0 Å². The van der Waals surface area contributed by atoms with Crippen LogP contribution in [0.5, 0.6) is 0 Å². The molecule has 0 radical (unpaired) electrons. The van der Waals surface area contributed by atoms with E-state index in [1.165, 1.54) is 12.1 Å². The van der Waals surface area contributed by atoms with Crippen molar-refractivity contribution in [2.75, 3.05) is 13.2 Å². The second-order valence-corrected chi connectivity index (χ2v) is 6.56. The van der Waals surface area contributed by atoms with Gasteiger partial charge in [-0.25, -0.2) is 0 Å². The topological polar surface area (TPSA) is 34.4 Å². The molecule has 3 nitrogen and oxygen atoms in total. The van der Waals surface area contributed by atoms with Gasteiger partial charge in [0, 0.05) is 24.1 Å². The predicted molar refractivity (Wildman–Crippen MR) is 70.6 cm³/mol. The van der Waals surface area contributed by atoms with Gasteiger partial charge in [-0.15, -0.1) is 0 Å². The van der Waals surface area contributed by atoms with Crippen molar-refractivity contribution in [3.8, 4) is 0 Å². The summed E-state index contributed by atoms with van der Waals surface area (Å²) in [4.78, 5) is 0. The third kappa shape index (κ3) is 2.10. The minimum atomic E-state index is -0.297. The highest BCUT2D eigenvalue weighted by Crippen LogP contribution is 2.42. The standard InChI is InChI=1S/C15H23NO2/c1-15(2)8-13-12(14(17)9-15)5-6-16(13)11-4-3-7-18-10-11/h5-6,11,14,17H,3-4,7-10H2,1-2H3. The maximum absolute atomic E-state index is 10.3. The first kappa shape index (κ1) is 12.2. The van der Waals surface area contributed by atoms with Crippen LogP contribution in [0.15, 0.2) is 12.3 Å². The number of aromatic nitrogens is 1. The van der Waals surface area contributed by atoms with E-state index in [9.17, 15) is 5.11 Å². The second kappa shape index (κ2) is 4.39. The predicted octanol–water partition coefficient (Wildman–Crippen LogP) is 2.85. The lowest BCUT2D eigenvalue weighted by Gasteiger charge is -2.35. The molecule has 0 amide bonds. The number of hydrogen-bond donors (Lipinski definition) is 1. The molecule has 1 aliphatic carbocycles. The number of hydrogen-bond acceptors (Lipinski definition) is 2. The van der Waals surface area contributed by atoms with E-state index in [0.717, 1.165) is 38.0 Å². The van der Waals surface area contributed by atoms with Crippen LogP contribution in [0.4, 0.5) is 0 Å². The molecule has 1 aromatic rings. The van der Waals surface area contributed by atoms with E-state index in [4.69, 9.17) is 4.74 Å². The summed E-state index contributed by atoms with van der Waals surface area (Å²) in [7, 11) is 0. The van der Waals surface area contributed by atoms with Gasteiger partial charge in [-0.2, -0.15) is 0 Å². The van der Waals surface area contributed by atoms with E-state index in [2.05, 4.69) is 30.7 Å². The van der Waals surface area contributed by atoms with E-state index >= 15 is 0 Å². The first-order valence-electron chi connectivity index (χ1n) is 7.02. The van der Waals surface area contributed by atoms with E-state index < -0.39 is 0 Å². The molecule has 0 spiro atoms. The Balaban J connectivity index is 1.93. The average molecular weight is 249 g/mol. The molecule has 1 saturated heterocycles. The first-order chi connectivity index (χ1) is 8.57. The Morgan fingerprint density at radius 1 is 1.44 bits per heavy atom. The van der Waals surface area contributed by atoms with E-state index in [0.29, 0.717) is 6.04 Å². The van der Waals surface area contributed by atoms with Gasteiger partial charge in [0.05, 0.1) is 18.8 Å². The summed E-state index contributed by atoms with van der Waals surface area (Å²) in [5.41, 5.74) is 2.66. The Morgan fingerprint density at radius 2 is 2.28 bits per heavy atom. The van der Waals surface area contributed by atoms with Gasteiger partial charge >= 0.3 is 0 Å². The fourth-order valence-electron chi connectivity index (χ4n) is 3.44. The van der Waals surface area contributed by atoms with Crippen molar-refractivity contribution in [3.05, 3.63) is 23.5 Å². The summed E-state index contributed by atoms with van der Waals surface area (Å²) in [5.74, 6) is 0. The summed E-state index contributed by atoms with van der Waals surface area (Å²) in [6.07, 6.45) is 6.11. The van der Waals surface area contributed by atoms with Crippen molar-refractivity contribution in [2.45, 2.75) is 51.7 Å². The third-order valence-corrected chi connectivity index (χ3v) is 4.34. The van der Waals surface area contributed by atoms with Crippen LogP contribution in [0.25, 0.3) is 0 Å². The van der Waals surface area contributed by atoms with Crippen molar-refractivity contribution in [1.29, 1.82) is 0 Å². The molecule has 1 N–H and O–H groups in total. The average Bonchev–Trinajstić information content (AvgIpc) is 2.72. The van der Waals surface area contributed by atoms with Crippen LogP contribution in [0, 0.1) is 5.41 Å². The molecule has 0 saturated carbocycles. The number of aliphatic hydroxyl groups is 1. The molecule has 0 aromatic carbocycles. The summed E-state index contributed by atoms with van der Waals surface area (Å²) >= 11 is 0. The van der Waals surface area contributed by atoms with Crippen LogP contribution in [-0.2, 0) is 11.2 Å². The maximum atomic E-state index is 10.3. The molecule has 2 atom stereocenters. The van der Waals surface area contributed by atoms with Gasteiger partial charge in [0.15, 0.2) is 0 Å². The SMILES string of the molecule is CC1(C)Cc2c(ccn2C2CCCOC2)C(O)C1. The Labute approximate surface area is 109 Å². The van der Waals surface area contributed by atoms with Crippen LogP contribution >= 0.6 is 0 Å². The second-order valence-electron chi connectivity index (χ2n) is 6.56. The molecule has 3 rings (SSSR count). The van der Waals surface area contributed by atoms with Crippen LogP contribution < -0.4 is 0 Å². The lowest BCUT2D eigenvalue weighted by atomic mass is 9.75. The van der Waals surface area contributed by atoms with Crippen LogP contribution in [0.2, 0.25) is 0 Å². The Hall–Kier alpha value is -0.800. The third-order valence-electron chi connectivity index (χ3n) is 4.34. The molecule has 1 fully saturated rings. The van der Waals surface area contributed by atoms with Crippen LogP contribution in [0.1, 0.15) is 56.5 Å². The van der Waals surface area contributed by atoms with Crippen molar-refractivity contribution in [1.82, 2.24) is 4.57 Å². The largest absolute Gasteiger partial charge is 0.388 e. The van der Waals surface area contributed by atoms with E-state index in [1.807, 2.05) is 0 Å². The Morgan fingerprint density at radius 3 is 3.00 bits per heavy atom. The Bertz CT molecular complexity index is 430. The minimum absolute atomic E-state index is 0.193. The Kier molecular flexibility index (Phi) is 2.99. The highest BCUT2D eigenvalue weighted by Gasteiger charge is 2.34. The lowest BCUT2D eigenvalue weighted by Crippen LogP contribution is -2.29. The molecular weight excluding hydrogens is 226 g/mol. The van der Waals surface area contributed by atoms with Crippen molar-refractivity contribution in [2.24, 2.45) is 5.41 Å². The van der Waals surface area contributed by atoms with Gasteiger partial charge in [-0.3, -0.25) is 0 Å².